The molecule has 178 valence electrons. The Morgan fingerprint density at radius 1 is 0.879 bits per heavy atom. The maximum absolute atomic E-state index is 12.6. The first-order valence-electron chi connectivity index (χ1n) is 11.7. The molecule has 33 heavy (non-hydrogen) atoms. The van der Waals surface area contributed by atoms with Crippen LogP contribution in [0.1, 0.15) is 46.3 Å². The number of amides is 1. The van der Waals surface area contributed by atoms with Gasteiger partial charge in [0.05, 0.1) is 19.0 Å². The highest BCUT2D eigenvalue weighted by atomic mass is 32.2. The normalized spacial score (nSPS) is 18.2. The van der Waals surface area contributed by atoms with Crippen molar-refractivity contribution >= 4 is 15.9 Å². The Balaban J connectivity index is 1.29. The van der Waals surface area contributed by atoms with Crippen molar-refractivity contribution in [1.29, 1.82) is 0 Å². The van der Waals surface area contributed by atoms with Crippen LogP contribution >= 0.6 is 0 Å². The Labute approximate surface area is 196 Å². The summed E-state index contributed by atoms with van der Waals surface area (Å²) in [4.78, 5) is 15.1. The Hall–Kier alpha value is -2.26. The van der Waals surface area contributed by atoms with Gasteiger partial charge >= 0.3 is 0 Å². The number of morpholine rings is 1. The van der Waals surface area contributed by atoms with Gasteiger partial charge in [-0.15, -0.1) is 0 Å². The van der Waals surface area contributed by atoms with E-state index in [9.17, 15) is 13.2 Å². The summed E-state index contributed by atoms with van der Waals surface area (Å²) in [5.41, 5.74) is 3.54. The number of piperidine rings is 1. The molecule has 0 radical (unpaired) electrons. The lowest BCUT2D eigenvalue weighted by Crippen LogP contribution is -2.41. The lowest BCUT2D eigenvalue weighted by molar-refractivity contribution is 0.0729. The summed E-state index contributed by atoms with van der Waals surface area (Å²) in [6.45, 7) is 5.37. The molecule has 1 N–H and O–H groups in total. The van der Waals surface area contributed by atoms with E-state index in [4.69, 9.17) is 4.74 Å². The molecular weight excluding hydrogens is 438 g/mol. The Bertz CT molecular complexity index is 1030. The van der Waals surface area contributed by atoms with Crippen molar-refractivity contribution in [2.75, 3.05) is 39.4 Å². The molecule has 2 saturated heterocycles. The summed E-state index contributed by atoms with van der Waals surface area (Å²) >= 11 is 0. The lowest BCUT2D eigenvalue weighted by atomic mass is 10.1. The molecule has 7 nitrogen and oxygen atoms in total. The van der Waals surface area contributed by atoms with Gasteiger partial charge in [0.2, 0.25) is 10.0 Å². The predicted octanol–water partition coefficient (Wildman–Crippen LogP) is 2.76. The van der Waals surface area contributed by atoms with Gasteiger partial charge in [0.1, 0.15) is 0 Å². The molecule has 4 rings (SSSR count). The molecule has 0 atom stereocenters. The molecule has 2 aromatic rings. The maximum Gasteiger partial charge on any atom is 0.251 e. The number of sulfonamides is 1. The van der Waals surface area contributed by atoms with E-state index in [-0.39, 0.29) is 11.7 Å². The van der Waals surface area contributed by atoms with E-state index in [1.807, 2.05) is 12.1 Å². The second-order valence-electron chi connectivity index (χ2n) is 8.80. The van der Waals surface area contributed by atoms with E-state index in [0.717, 1.165) is 25.2 Å². The van der Waals surface area contributed by atoms with Crippen molar-refractivity contribution in [2.24, 2.45) is 0 Å². The number of nitrogens with zero attached hydrogens (tertiary/aromatic N) is 2. The highest BCUT2D eigenvalue weighted by Gasteiger charge is 2.24. The second kappa shape index (κ2) is 11.2. The number of carbonyl (C=O) groups is 1. The number of carbonyl (C=O) groups excluding carboxylic acids is 1. The Morgan fingerprint density at radius 3 is 2.30 bits per heavy atom. The molecule has 0 unspecified atom stereocenters. The number of likely N-dealkylation sites (tertiary alicyclic amines) is 1. The van der Waals surface area contributed by atoms with Crippen LogP contribution in [0.25, 0.3) is 0 Å². The average Bonchev–Trinajstić information content (AvgIpc) is 2.84. The zero-order chi connectivity index (χ0) is 23.1. The average molecular weight is 472 g/mol. The monoisotopic (exact) mass is 471 g/mol. The number of ether oxygens (including phenoxy) is 1. The topological polar surface area (TPSA) is 79.0 Å². The van der Waals surface area contributed by atoms with Crippen molar-refractivity contribution < 1.29 is 17.9 Å². The van der Waals surface area contributed by atoms with Crippen molar-refractivity contribution in [3.8, 4) is 0 Å². The van der Waals surface area contributed by atoms with Gasteiger partial charge in [0, 0.05) is 31.7 Å². The number of hydrogen-bond donors (Lipinski definition) is 1. The van der Waals surface area contributed by atoms with Gasteiger partial charge in [0.25, 0.3) is 5.91 Å². The van der Waals surface area contributed by atoms with Crippen LogP contribution in [0.2, 0.25) is 0 Å². The fourth-order valence-electron chi connectivity index (χ4n) is 4.38. The van der Waals surface area contributed by atoms with Gasteiger partial charge in [0.15, 0.2) is 0 Å². The molecule has 0 aromatic heterocycles. The van der Waals surface area contributed by atoms with Gasteiger partial charge in [-0.3, -0.25) is 9.69 Å². The minimum absolute atomic E-state index is 0.0707. The molecule has 2 aliphatic rings. The molecule has 8 heteroatoms. The van der Waals surface area contributed by atoms with Crippen molar-refractivity contribution in [3.05, 3.63) is 70.8 Å². The number of hydrogen-bond acceptors (Lipinski definition) is 5. The molecule has 1 amide bonds. The van der Waals surface area contributed by atoms with E-state index in [2.05, 4.69) is 22.3 Å². The lowest BCUT2D eigenvalue weighted by Gasteiger charge is -2.26. The molecule has 2 aromatic carbocycles. The van der Waals surface area contributed by atoms with Gasteiger partial charge in [-0.2, -0.15) is 4.31 Å². The molecule has 0 bridgehead atoms. The molecular formula is C25H33N3O4S. The van der Waals surface area contributed by atoms with Crippen LogP contribution in [-0.2, 0) is 33.6 Å². The number of rotatable bonds is 8. The quantitative estimate of drug-likeness (QED) is 0.641. The summed E-state index contributed by atoms with van der Waals surface area (Å²) in [6, 6.07) is 15.2. The largest absolute Gasteiger partial charge is 0.379 e. The van der Waals surface area contributed by atoms with Gasteiger partial charge in [-0.25, -0.2) is 8.42 Å². The van der Waals surface area contributed by atoms with Crippen LogP contribution in [0.3, 0.4) is 0 Å². The van der Waals surface area contributed by atoms with E-state index in [0.29, 0.717) is 44.0 Å². The molecule has 2 aliphatic heterocycles. The van der Waals surface area contributed by atoms with Gasteiger partial charge in [-0.05, 0) is 54.8 Å². The third-order valence-corrected chi connectivity index (χ3v) is 8.08. The highest BCUT2D eigenvalue weighted by molar-refractivity contribution is 7.88. The third kappa shape index (κ3) is 6.86. The van der Waals surface area contributed by atoms with Crippen LogP contribution in [0, 0.1) is 0 Å². The third-order valence-electron chi connectivity index (χ3n) is 6.23. The second-order valence-corrected chi connectivity index (χ2v) is 10.8. The van der Waals surface area contributed by atoms with Crippen LogP contribution in [0.15, 0.2) is 48.5 Å². The summed E-state index contributed by atoms with van der Waals surface area (Å²) in [7, 11) is -3.38. The van der Waals surface area contributed by atoms with Crippen LogP contribution in [0.4, 0.5) is 0 Å². The standard InChI is InChI=1S/C25H33N3O4S/c29-25(26-18-22-5-4-6-23(17-22)19-27-11-2-1-3-12-27)24-9-7-21(8-10-24)20-33(30,31)28-13-15-32-16-14-28/h4-10,17H,1-3,11-16,18-20H2,(H,26,29). The van der Waals surface area contributed by atoms with E-state index in [1.54, 1.807) is 24.3 Å². The fourth-order valence-corrected chi connectivity index (χ4v) is 5.88. The molecule has 2 fully saturated rings. The summed E-state index contributed by atoms with van der Waals surface area (Å²) in [5, 5.41) is 2.97. The SMILES string of the molecule is O=C(NCc1cccc(CN2CCCCC2)c1)c1ccc(CS(=O)(=O)N2CCOCC2)cc1. The summed E-state index contributed by atoms with van der Waals surface area (Å²) in [5.74, 6) is -0.238. The minimum Gasteiger partial charge on any atom is -0.379 e. The summed E-state index contributed by atoms with van der Waals surface area (Å²) in [6.07, 6.45) is 3.87. The molecule has 0 saturated carbocycles. The molecule has 0 aliphatic carbocycles. The smallest absolute Gasteiger partial charge is 0.251 e. The maximum atomic E-state index is 12.6. The first-order chi connectivity index (χ1) is 16.0. The van der Waals surface area contributed by atoms with Crippen LogP contribution in [-0.4, -0.2) is 62.9 Å². The molecule has 0 spiro atoms. The van der Waals surface area contributed by atoms with E-state index in [1.165, 1.54) is 29.1 Å². The van der Waals surface area contributed by atoms with Crippen LogP contribution in [0.5, 0.6) is 0 Å². The van der Waals surface area contributed by atoms with E-state index < -0.39 is 10.0 Å². The summed E-state index contributed by atoms with van der Waals surface area (Å²) < 4.78 is 31.8. The Morgan fingerprint density at radius 2 is 1.58 bits per heavy atom. The highest BCUT2D eigenvalue weighted by Crippen LogP contribution is 2.16. The fraction of sp³-hybridized carbons (Fsp3) is 0.480. The predicted molar refractivity (Wildman–Crippen MR) is 128 cm³/mol. The van der Waals surface area contributed by atoms with Gasteiger partial charge < -0.3 is 10.1 Å². The van der Waals surface area contributed by atoms with Crippen LogP contribution < -0.4 is 5.32 Å². The van der Waals surface area contributed by atoms with Crippen molar-refractivity contribution in [1.82, 2.24) is 14.5 Å². The van der Waals surface area contributed by atoms with Crippen molar-refractivity contribution in [3.63, 3.8) is 0 Å². The van der Waals surface area contributed by atoms with Crippen molar-refractivity contribution in [2.45, 2.75) is 38.1 Å². The molecule has 2 heterocycles. The zero-order valence-electron chi connectivity index (χ0n) is 19.0. The number of benzene rings is 2. The first-order valence-corrected chi connectivity index (χ1v) is 13.3. The first kappa shape index (κ1) is 23.9. The minimum atomic E-state index is -3.38. The van der Waals surface area contributed by atoms with Gasteiger partial charge in [-0.1, -0.05) is 42.8 Å². The zero-order valence-corrected chi connectivity index (χ0v) is 19.9. The number of nitrogens with one attached hydrogen (secondary N) is 1. The Kier molecular flexibility index (Phi) is 8.14. The van der Waals surface area contributed by atoms with E-state index >= 15 is 0 Å².